The first kappa shape index (κ1) is 11.1. The summed E-state index contributed by atoms with van der Waals surface area (Å²) in [7, 11) is 0. The summed E-state index contributed by atoms with van der Waals surface area (Å²) in [6, 6.07) is 3.97. The van der Waals surface area contributed by atoms with Crippen molar-refractivity contribution in [2.75, 3.05) is 5.32 Å². The number of hydrogen-bond acceptors (Lipinski definition) is 3. The molecule has 1 aliphatic carbocycles. The Kier molecular flexibility index (Phi) is 3.19. The number of carbonyl (C=O) groups is 1. The highest BCUT2D eigenvalue weighted by Crippen LogP contribution is 2.25. The van der Waals surface area contributed by atoms with Gasteiger partial charge >= 0.3 is 0 Å². The molecule has 1 aromatic heterocycles. The number of aromatic nitrogens is 1. The monoisotopic (exact) mass is 219 g/mol. The van der Waals surface area contributed by atoms with E-state index in [2.05, 4.69) is 10.3 Å². The van der Waals surface area contributed by atoms with Crippen molar-refractivity contribution in [1.82, 2.24) is 4.98 Å². The van der Waals surface area contributed by atoms with Gasteiger partial charge in [-0.25, -0.2) is 4.98 Å². The summed E-state index contributed by atoms with van der Waals surface area (Å²) in [4.78, 5) is 16.1. The van der Waals surface area contributed by atoms with Crippen LogP contribution in [0.5, 0.6) is 0 Å². The second-order valence-electron chi connectivity index (χ2n) is 4.43. The molecule has 1 aromatic rings. The third-order valence-electron chi connectivity index (χ3n) is 3.10. The number of pyridine rings is 1. The van der Waals surface area contributed by atoms with Gasteiger partial charge in [0.1, 0.15) is 5.82 Å². The standard InChI is InChI=1S/C12H17N3O/c1-8-3-2-6-14-11(8)15-12(16)9-4-5-10(13)7-9/h2-3,6,9-10H,4-5,7,13H2,1H3,(H,14,15,16). The lowest BCUT2D eigenvalue weighted by molar-refractivity contribution is -0.119. The number of nitrogens with zero attached hydrogens (tertiary/aromatic N) is 1. The highest BCUT2D eigenvalue weighted by molar-refractivity contribution is 5.92. The SMILES string of the molecule is Cc1cccnc1NC(=O)C1CCC(N)C1. The van der Waals surface area contributed by atoms with Crippen LogP contribution >= 0.6 is 0 Å². The molecule has 4 heteroatoms. The number of amides is 1. The van der Waals surface area contributed by atoms with Crippen molar-refractivity contribution in [1.29, 1.82) is 0 Å². The molecule has 0 saturated heterocycles. The second kappa shape index (κ2) is 4.61. The predicted molar refractivity (Wildman–Crippen MR) is 62.9 cm³/mol. The van der Waals surface area contributed by atoms with Crippen molar-refractivity contribution in [3.8, 4) is 0 Å². The summed E-state index contributed by atoms with van der Waals surface area (Å²) in [5, 5.41) is 2.87. The molecule has 2 unspecified atom stereocenters. The number of hydrogen-bond donors (Lipinski definition) is 2. The molecule has 3 N–H and O–H groups in total. The zero-order valence-corrected chi connectivity index (χ0v) is 9.44. The molecule has 0 radical (unpaired) electrons. The molecule has 1 aliphatic rings. The largest absolute Gasteiger partial charge is 0.328 e. The van der Waals surface area contributed by atoms with E-state index in [1.54, 1.807) is 6.20 Å². The highest BCUT2D eigenvalue weighted by atomic mass is 16.1. The third kappa shape index (κ3) is 2.39. The highest BCUT2D eigenvalue weighted by Gasteiger charge is 2.27. The lowest BCUT2D eigenvalue weighted by atomic mass is 10.1. The molecule has 1 heterocycles. The van der Waals surface area contributed by atoms with Gasteiger partial charge in [-0.15, -0.1) is 0 Å². The van der Waals surface area contributed by atoms with Crippen LogP contribution in [0.4, 0.5) is 5.82 Å². The lowest BCUT2D eigenvalue weighted by Crippen LogP contribution is -2.23. The van der Waals surface area contributed by atoms with Crippen LogP contribution < -0.4 is 11.1 Å². The molecule has 0 bridgehead atoms. The summed E-state index contributed by atoms with van der Waals surface area (Å²) in [6.45, 7) is 1.93. The smallest absolute Gasteiger partial charge is 0.228 e. The van der Waals surface area contributed by atoms with E-state index >= 15 is 0 Å². The molecule has 2 atom stereocenters. The normalized spacial score (nSPS) is 24.4. The van der Waals surface area contributed by atoms with E-state index in [1.807, 2.05) is 19.1 Å². The quantitative estimate of drug-likeness (QED) is 0.791. The van der Waals surface area contributed by atoms with Crippen LogP contribution in [0.2, 0.25) is 0 Å². The van der Waals surface area contributed by atoms with Gasteiger partial charge < -0.3 is 11.1 Å². The number of rotatable bonds is 2. The zero-order chi connectivity index (χ0) is 11.5. The maximum absolute atomic E-state index is 11.9. The Labute approximate surface area is 95.3 Å². The van der Waals surface area contributed by atoms with Crippen LogP contribution in [0.25, 0.3) is 0 Å². The molecule has 1 saturated carbocycles. The first-order chi connectivity index (χ1) is 7.66. The molecular formula is C12H17N3O. The Hall–Kier alpha value is -1.42. The van der Waals surface area contributed by atoms with E-state index in [1.165, 1.54) is 0 Å². The predicted octanol–water partition coefficient (Wildman–Crippen LogP) is 1.46. The average Bonchev–Trinajstić information content (AvgIpc) is 2.68. The number of nitrogens with one attached hydrogen (secondary N) is 1. The van der Waals surface area contributed by atoms with Gasteiger partial charge in [0, 0.05) is 18.2 Å². The van der Waals surface area contributed by atoms with Crippen LogP contribution in [-0.4, -0.2) is 16.9 Å². The maximum Gasteiger partial charge on any atom is 0.228 e. The van der Waals surface area contributed by atoms with Gasteiger partial charge in [0.25, 0.3) is 0 Å². The molecular weight excluding hydrogens is 202 g/mol. The summed E-state index contributed by atoms with van der Waals surface area (Å²) in [5.41, 5.74) is 6.77. The minimum atomic E-state index is 0.0507. The van der Waals surface area contributed by atoms with E-state index in [-0.39, 0.29) is 17.9 Å². The van der Waals surface area contributed by atoms with Crippen molar-refractivity contribution < 1.29 is 4.79 Å². The molecule has 2 rings (SSSR count). The minimum absolute atomic E-state index is 0.0507. The fourth-order valence-electron chi connectivity index (χ4n) is 2.09. The van der Waals surface area contributed by atoms with Gasteiger partial charge in [-0.05, 0) is 37.8 Å². The van der Waals surface area contributed by atoms with Crippen LogP contribution in [0.1, 0.15) is 24.8 Å². The Morgan fingerprint density at radius 3 is 3.00 bits per heavy atom. The number of aryl methyl sites for hydroxylation is 1. The summed E-state index contributed by atoms with van der Waals surface area (Å²) < 4.78 is 0. The van der Waals surface area contributed by atoms with Crippen molar-refractivity contribution in [2.24, 2.45) is 11.7 Å². The summed E-state index contributed by atoms with van der Waals surface area (Å²) >= 11 is 0. The molecule has 1 fully saturated rings. The topological polar surface area (TPSA) is 68.0 Å². The van der Waals surface area contributed by atoms with Crippen LogP contribution in [0.15, 0.2) is 18.3 Å². The Morgan fingerprint density at radius 2 is 2.38 bits per heavy atom. The van der Waals surface area contributed by atoms with E-state index in [0.717, 1.165) is 24.8 Å². The third-order valence-corrected chi connectivity index (χ3v) is 3.10. The first-order valence-corrected chi connectivity index (χ1v) is 5.65. The van der Waals surface area contributed by atoms with Gasteiger partial charge in [0.15, 0.2) is 0 Å². The fraction of sp³-hybridized carbons (Fsp3) is 0.500. The van der Waals surface area contributed by atoms with Crippen LogP contribution in [0, 0.1) is 12.8 Å². The molecule has 86 valence electrons. The number of carbonyl (C=O) groups excluding carboxylic acids is 1. The van der Waals surface area contributed by atoms with Gasteiger partial charge in [0.05, 0.1) is 0 Å². The van der Waals surface area contributed by atoms with Crippen molar-refractivity contribution >= 4 is 11.7 Å². The fourth-order valence-corrected chi connectivity index (χ4v) is 2.09. The second-order valence-corrected chi connectivity index (χ2v) is 4.43. The molecule has 4 nitrogen and oxygen atoms in total. The van der Waals surface area contributed by atoms with Gasteiger partial charge in [-0.1, -0.05) is 6.07 Å². The Bertz CT molecular complexity index is 392. The minimum Gasteiger partial charge on any atom is -0.328 e. The van der Waals surface area contributed by atoms with Crippen molar-refractivity contribution in [2.45, 2.75) is 32.2 Å². The molecule has 0 aliphatic heterocycles. The first-order valence-electron chi connectivity index (χ1n) is 5.65. The molecule has 16 heavy (non-hydrogen) atoms. The number of anilines is 1. The van der Waals surface area contributed by atoms with Gasteiger partial charge in [-0.2, -0.15) is 0 Å². The van der Waals surface area contributed by atoms with Crippen LogP contribution in [0.3, 0.4) is 0 Å². The zero-order valence-electron chi connectivity index (χ0n) is 9.44. The van der Waals surface area contributed by atoms with E-state index < -0.39 is 0 Å². The average molecular weight is 219 g/mol. The molecule has 1 amide bonds. The van der Waals surface area contributed by atoms with Gasteiger partial charge in [-0.3, -0.25) is 4.79 Å². The Balaban J connectivity index is 2.00. The Morgan fingerprint density at radius 1 is 1.56 bits per heavy atom. The molecule has 0 aromatic carbocycles. The van der Waals surface area contributed by atoms with Crippen molar-refractivity contribution in [3.63, 3.8) is 0 Å². The van der Waals surface area contributed by atoms with E-state index in [4.69, 9.17) is 5.73 Å². The number of nitrogens with two attached hydrogens (primary N) is 1. The van der Waals surface area contributed by atoms with Crippen LogP contribution in [-0.2, 0) is 4.79 Å². The van der Waals surface area contributed by atoms with E-state index in [9.17, 15) is 4.79 Å². The van der Waals surface area contributed by atoms with Crippen molar-refractivity contribution in [3.05, 3.63) is 23.9 Å². The maximum atomic E-state index is 11.9. The summed E-state index contributed by atoms with van der Waals surface area (Å²) in [6.07, 6.45) is 4.30. The molecule has 0 spiro atoms. The lowest BCUT2D eigenvalue weighted by Gasteiger charge is -2.11. The van der Waals surface area contributed by atoms with Gasteiger partial charge in [0.2, 0.25) is 5.91 Å². The van der Waals surface area contributed by atoms with E-state index in [0.29, 0.717) is 5.82 Å². The summed E-state index contributed by atoms with van der Waals surface area (Å²) in [5.74, 6) is 0.763.